The molecule has 0 aromatic rings. The Morgan fingerprint density at radius 3 is 2.22 bits per heavy atom. The standard InChI is InChI=1S/C5H11NO2S/c1-6-5(2-3-5)4-9(7)8/h6,9H,2-4H2,1H3. The van der Waals surface area contributed by atoms with Gasteiger partial charge in [0.05, 0.1) is 5.75 Å². The lowest BCUT2D eigenvalue weighted by Crippen LogP contribution is -2.31. The lowest BCUT2D eigenvalue weighted by atomic mass is 10.3. The lowest BCUT2D eigenvalue weighted by Gasteiger charge is -2.07. The quantitative estimate of drug-likeness (QED) is 0.524. The van der Waals surface area contributed by atoms with Crippen molar-refractivity contribution in [3.63, 3.8) is 0 Å². The van der Waals surface area contributed by atoms with E-state index in [4.69, 9.17) is 0 Å². The third-order valence-electron chi connectivity index (χ3n) is 1.82. The molecule has 54 valence electrons. The molecule has 3 nitrogen and oxygen atoms in total. The Hall–Kier alpha value is -0.0900. The summed E-state index contributed by atoms with van der Waals surface area (Å²) in [6.07, 6.45) is 2.01. The van der Waals surface area contributed by atoms with Crippen LogP contribution in [-0.4, -0.2) is 26.8 Å². The Morgan fingerprint density at radius 1 is 1.56 bits per heavy atom. The molecule has 0 bridgehead atoms. The molecule has 9 heavy (non-hydrogen) atoms. The van der Waals surface area contributed by atoms with Crippen LogP contribution in [-0.2, 0) is 10.7 Å². The molecule has 0 unspecified atom stereocenters. The van der Waals surface area contributed by atoms with Crippen molar-refractivity contribution in [3.05, 3.63) is 0 Å². The Labute approximate surface area is 56.4 Å². The third kappa shape index (κ3) is 1.66. The largest absolute Gasteiger partial charge is 0.313 e. The Balaban J connectivity index is 2.42. The fourth-order valence-corrected chi connectivity index (χ4v) is 1.85. The van der Waals surface area contributed by atoms with Gasteiger partial charge in [-0.3, -0.25) is 0 Å². The molecule has 1 rings (SSSR count). The number of hydrogen-bond acceptors (Lipinski definition) is 3. The van der Waals surface area contributed by atoms with E-state index in [0.717, 1.165) is 12.8 Å². The van der Waals surface area contributed by atoms with Crippen molar-refractivity contribution in [2.75, 3.05) is 12.8 Å². The van der Waals surface area contributed by atoms with Crippen molar-refractivity contribution in [2.24, 2.45) is 0 Å². The number of thiol groups is 1. The van der Waals surface area contributed by atoms with Crippen LogP contribution in [0.15, 0.2) is 0 Å². The van der Waals surface area contributed by atoms with Crippen LogP contribution in [0.5, 0.6) is 0 Å². The summed E-state index contributed by atoms with van der Waals surface area (Å²) in [5.41, 5.74) is -0.0325. The molecule has 1 aliphatic rings. The summed E-state index contributed by atoms with van der Waals surface area (Å²) in [7, 11) is -0.383. The molecule has 0 atom stereocenters. The Kier molecular flexibility index (Phi) is 1.77. The third-order valence-corrected chi connectivity index (χ3v) is 2.68. The summed E-state index contributed by atoms with van der Waals surface area (Å²) >= 11 is 0. The number of nitrogens with one attached hydrogen (secondary N) is 1. The lowest BCUT2D eigenvalue weighted by molar-refractivity contribution is 0.574. The van der Waals surface area contributed by atoms with Crippen molar-refractivity contribution in [2.45, 2.75) is 18.4 Å². The van der Waals surface area contributed by atoms with E-state index in [1.807, 2.05) is 7.05 Å². The van der Waals surface area contributed by atoms with Gasteiger partial charge in [0.25, 0.3) is 0 Å². The highest BCUT2D eigenvalue weighted by atomic mass is 32.2. The van der Waals surface area contributed by atoms with E-state index in [-0.39, 0.29) is 5.54 Å². The minimum atomic E-state index is -2.19. The maximum absolute atomic E-state index is 10.2. The molecular formula is C5H11NO2S. The molecule has 1 N–H and O–H groups in total. The van der Waals surface area contributed by atoms with Crippen LogP contribution < -0.4 is 5.32 Å². The second kappa shape index (κ2) is 2.27. The molecule has 0 aromatic carbocycles. The van der Waals surface area contributed by atoms with E-state index >= 15 is 0 Å². The van der Waals surface area contributed by atoms with Crippen LogP contribution in [0.3, 0.4) is 0 Å². The van der Waals surface area contributed by atoms with Crippen molar-refractivity contribution < 1.29 is 8.42 Å². The molecule has 1 aliphatic carbocycles. The highest BCUT2D eigenvalue weighted by Gasteiger charge is 2.41. The highest BCUT2D eigenvalue weighted by Crippen LogP contribution is 2.34. The van der Waals surface area contributed by atoms with Crippen LogP contribution in [0.2, 0.25) is 0 Å². The maximum Gasteiger partial charge on any atom is 0.141 e. The first-order valence-electron chi connectivity index (χ1n) is 2.99. The molecule has 0 radical (unpaired) electrons. The summed E-state index contributed by atoms with van der Waals surface area (Å²) in [4.78, 5) is 0. The average Bonchev–Trinajstić information content (AvgIpc) is 2.48. The van der Waals surface area contributed by atoms with Crippen LogP contribution >= 0.6 is 0 Å². The zero-order chi connectivity index (χ0) is 6.91. The van der Waals surface area contributed by atoms with E-state index in [1.54, 1.807) is 0 Å². The summed E-state index contributed by atoms with van der Waals surface area (Å²) in [5.74, 6) is 0.304. The van der Waals surface area contributed by atoms with Gasteiger partial charge in [-0.05, 0) is 19.9 Å². The fraction of sp³-hybridized carbons (Fsp3) is 1.00. The normalized spacial score (nSPS) is 22.4. The molecule has 0 aliphatic heterocycles. The monoisotopic (exact) mass is 149 g/mol. The van der Waals surface area contributed by atoms with Crippen LogP contribution in [0.1, 0.15) is 12.8 Å². The first kappa shape index (κ1) is 7.02. The summed E-state index contributed by atoms with van der Waals surface area (Å²) in [6, 6.07) is 0. The van der Waals surface area contributed by atoms with E-state index in [1.165, 1.54) is 0 Å². The fourth-order valence-electron chi connectivity index (χ4n) is 0.885. The van der Waals surface area contributed by atoms with Crippen molar-refractivity contribution >= 4 is 10.7 Å². The van der Waals surface area contributed by atoms with E-state index < -0.39 is 10.7 Å². The first-order valence-corrected chi connectivity index (χ1v) is 4.35. The minimum Gasteiger partial charge on any atom is -0.313 e. The SMILES string of the molecule is CNC1(C[SH](=O)=O)CC1. The van der Waals surface area contributed by atoms with Gasteiger partial charge in [0, 0.05) is 5.54 Å². The first-order chi connectivity index (χ1) is 4.18. The van der Waals surface area contributed by atoms with Crippen LogP contribution in [0.25, 0.3) is 0 Å². The van der Waals surface area contributed by atoms with Crippen molar-refractivity contribution in [1.29, 1.82) is 0 Å². The molecule has 1 saturated carbocycles. The van der Waals surface area contributed by atoms with Gasteiger partial charge < -0.3 is 5.32 Å². The summed E-state index contributed by atoms with van der Waals surface area (Å²) in [6.45, 7) is 0. The zero-order valence-corrected chi connectivity index (χ0v) is 6.28. The molecule has 0 heterocycles. The van der Waals surface area contributed by atoms with Gasteiger partial charge in [0.15, 0.2) is 0 Å². The second-order valence-electron chi connectivity index (χ2n) is 2.52. The van der Waals surface area contributed by atoms with Crippen molar-refractivity contribution in [1.82, 2.24) is 5.32 Å². The average molecular weight is 149 g/mol. The van der Waals surface area contributed by atoms with Gasteiger partial charge in [-0.25, -0.2) is 8.42 Å². The Morgan fingerprint density at radius 2 is 2.11 bits per heavy atom. The van der Waals surface area contributed by atoms with Crippen LogP contribution in [0, 0.1) is 0 Å². The minimum absolute atomic E-state index is 0.0325. The van der Waals surface area contributed by atoms with Crippen molar-refractivity contribution in [3.8, 4) is 0 Å². The Bertz CT molecular complexity index is 164. The molecule has 0 spiro atoms. The highest BCUT2D eigenvalue weighted by molar-refractivity contribution is 7.72. The number of rotatable bonds is 3. The van der Waals surface area contributed by atoms with Crippen LogP contribution in [0.4, 0.5) is 0 Å². The van der Waals surface area contributed by atoms with Gasteiger partial charge >= 0.3 is 0 Å². The van der Waals surface area contributed by atoms with Gasteiger partial charge in [-0.1, -0.05) is 0 Å². The van der Waals surface area contributed by atoms with Gasteiger partial charge in [-0.2, -0.15) is 0 Å². The van der Waals surface area contributed by atoms with Gasteiger partial charge in [-0.15, -0.1) is 0 Å². The number of hydrogen-bond donors (Lipinski definition) is 2. The smallest absolute Gasteiger partial charge is 0.141 e. The maximum atomic E-state index is 10.2. The topological polar surface area (TPSA) is 46.2 Å². The molecule has 0 saturated heterocycles. The molecular weight excluding hydrogens is 138 g/mol. The van der Waals surface area contributed by atoms with E-state index in [9.17, 15) is 8.42 Å². The predicted octanol–water partition coefficient (Wildman–Crippen LogP) is -0.650. The molecule has 0 amide bonds. The molecule has 4 heteroatoms. The summed E-state index contributed by atoms with van der Waals surface area (Å²) < 4.78 is 20.4. The predicted molar refractivity (Wildman–Crippen MR) is 36.2 cm³/mol. The molecule has 1 fully saturated rings. The zero-order valence-electron chi connectivity index (χ0n) is 5.39. The van der Waals surface area contributed by atoms with Gasteiger partial charge in [0.2, 0.25) is 0 Å². The van der Waals surface area contributed by atoms with E-state index in [2.05, 4.69) is 5.32 Å². The van der Waals surface area contributed by atoms with Gasteiger partial charge in [0.1, 0.15) is 10.7 Å². The van der Waals surface area contributed by atoms with E-state index in [0.29, 0.717) is 5.75 Å². The second-order valence-corrected chi connectivity index (χ2v) is 3.50. The summed E-state index contributed by atoms with van der Waals surface area (Å²) in [5, 5.41) is 3.00. The molecule has 0 aromatic heterocycles.